The molecular formula is C12H21N5O. The Morgan fingerprint density at radius 1 is 1.56 bits per heavy atom. The molecule has 6 heteroatoms. The highest BCUT2D eigenvalue weighted by atomic mass is 16.5. The zero-order chi connectivity index (χ0) is 13.1. The lowest BCUT2D eigenvalue weighted by Gasteiger charge is -2.25. The first-order valence-corrected chi connectivity index (χ1v) is 6.25. The Bertz CT molecular complexity index is 440. The third-order valence-corrected chi connectivity index (χ3v) is 3.26. The van der Waals surface area contributed by atoms with Crippen molar-refractivity contribution in [2.75, 3.05) is 26.8 Å². The van der Waals surface area contributed by atoms with Gasteiger partial charge < -0.3 is 15.4 Å². The molecule has 18 heavy (non-hydrogen) atoms. The fraction of sp³-hybridized carbons (Fsp3) is 0.667. The molecule has 0 fully saturated rings. The molecule has 6 nitrogen and oxygen atoms in total. The summed E-state index contributed by atoms with van der Waals surface area (Å²) in [5.74, 6) is 0.600. The zero-order valence-electron chi connectivity index (χ0n) is 11.3. The van der Waals surface area contributed by atoms with Crippen molar-refractivity contribution in [2.45, 2.75) is 19.4 Å². The third-order valence-electron chi connectivity index (χ3n) is 3.26. The maximum absolute atomic E-state index is 5.94. The number of nitrogens with two attached hydrogens (primary N) is 1. The highest BCUT2D eigenvalue weighted by Gasteiger charge is 2.29. The Kier molecular flexibility index (Phi) is 3.86. The number of nitrogens with zero attached hydrogens (tertiary/aromatic N) is 4. The van der Waals surface area contributed by atoms with Crippen LogP contribution in [0.3, 0.4) is 0 Å². The standard InChI is InChI=1S/C12H21N5O/c1-4-10-9(8-16(2)15-10)11-7-14-12(13)17(11)5-6-18-3/h8,11H,4-7H2,1-3H3,(H2,13,14). The lowest BCUT2D eigenvalue weighted by Crippen LogP contribution is -2.38. The summed E-state index contributed by atoms with van der Waals surface area (Å²) in [5.41, 5.74) is 8.28. The molecule has 1 aliphatic rings. The fourth-order valence-electron chi connectivity index (χ4n) is 2.36. The minimum absolute atomic E-state index is 0.198. The van der Waals surface area contributed by atoms with E-state index in [1.165, 1.54) is 5.56 Å². The van der Waals surface area contributed by atoms with Crippen molar-refractivity contribution in [1.82, 2.24) is 14.7 Å². The second kappa shape index (κ2) is 5.39. The molecule has 0 aromatic carbocycles. The monoisotopic (exact) mass is 251 g/mol. The Hall–Kier alpha value is -1.56. The Morgan fingerprint density at radius 3 is 3.00 bits per heavy atom. The second-order valence-corrected chi connectivity index (χ2v) is 4.46. The van der Waals surface area contributed by atoms with Gasteiger partial charge in [0.1, 0.15) is 0 Å². The fourth-order valence-corrected chi connectivity index (χ4v) is 2.36. The normalized spacial score (nSPS) is 19.4. The number of aliphatic imine (C=N–C) groups is 1. The topological polar surface area (TPSA) is 68.7 Å². The largest absolute Gasteiger partial charge is 0.383 e. The molecule has 1 aromatic heterocycles. The van der Waals surface area contributed by atoms with Crippen molar-refractivity contribution in [3.8, 4) is 0 Å². The van der Waals surface area contributed by atoms with E-state index in [1.807, 2.05) is 11.7 Å². The van der Waals surface area contributed by atoms with Crippen molar-refractivity contribution < 1.29 is 4.74 Å². The molecule has 1 aliphatic heterocycles. The van der Waals surface area contributed by atoms with E-state index in [2.05, 4.69) is 28.1 Å². The highest BCUT2D eigenvalue weighted by molar-refractivity contribution is 5.80. The molecule has 2 N–H and O–H groups in total. The van der Waals surface area contributed by atoms with Crippen molar-refractivity contribution in [3.63, 3.8) is 0 Å². The van der Waals surface area contributed by atoms with Crippen molar-refractivity contribution in [2.24, 2.45) is 17.8 Å². The van der Waals surface area contributed by atoms with Gasteiger partial charge >= 0.3 is 0 Å². The van der Waals surface area contributed by atoms with Crippen LogP contribution in [0.15, 0.2) is 11.2 Å². The third kappa shape index (κ3) is 2.33. The Balaban J connectivity index is 2.21. The first-order valence-electron chi connectivity index (χ1n) is 6.25. The van der Waals surface area contributed by atoms with E-state index in [4.69, 9.17) is 10.5 Å². The van der Waals surface area contributed by atoms with Crippen LogP contribution in [0, 0.1) is 0 Å². The smallest absolute Gasteiger partial charge is 0.192 e. The molecule has 0 bridgehead atoms. The van der Waals surface area contributed by atoms with Crippen molar-refractivity contribution in [1.29, 1.82) is 0 Å². The maximum atomic E-state index is 5.94. The van der Waals surface area contributed by atoms with Crippen LogP contribution in [0.4, 0.5) is 0 Å². The van der Waals surface area contributed by atoms with Crippen LogP contribution >= 0.6 is 0 Å². The van der Waals surface area contributed by atoms with Gasteiger partial charge in [-0.25, -0.2) is 0 Å². The van der Waals surface area contributed by atoms with Crippen LogP contribution < -0.4 is 5.73 Å². The molecule has 2 rings (SSSR count). The lowest BCUT2D eigenvalue weighted by atomic mass is 10.1. The molecular weight excluding hydrogens is 230 g/mol. The summed E-state index contributed by atoms with van der Waals surface area (Å²) in [4.78, 5) is 6.44. The number of aromatic nitrogens is 2. The van der Waals surface area contributed by atoms with Gasteiger partial charge in [-0.3, -0.25) is 9.67 Å². The number of hydrogen-bond acceptors (Lipinski definition) is 5. The average Bonchev–Trinajstić information content (AvgIpc) is 2.90. The number of ether oxygens (including phenoxy) is 1. The highest BCUT2D eigenvalue weighted by Crippen LogP contribution is 2.27. The summed E-state index contributed by atoms with van der Waals surface area (Å²) in [6.07, 6.45) is 2.99. The molecule has 1 atom stereocenters. The van der Waals surface area contributed by atoms with Crippen LogP contribution in [0.25, 0.3) is 0 Å². The summed E-state index contributed by atoms with van der Waals surface area (Å²) in [5, 5.41) is 4.48. The van der Waals surface area contributed by atoms with Gasteiger partial charge in [0.05, 0.1) is 24.9 Å². The van der Waals surface area contributed by atoms with E-state index in [-0.39, 0.29) is 6.04 Å². The van der Waals surface area contributed by atoms with Gasteiger partial charge in [0.25, 0.3) is 0 Å². The molecule has 0 amide bonds. The van der Waals surface area contributed by atoms with Crippen LogP contribution in [0.2, 0.25) is 0 Å². The van der Waals surface area contributed by atoms with E-state index in [0.717, 1.165) is 18.7 Å². The molecule has 0 aliphatic carbocycles. The maximum Gasteiger partial charge on any atom is 0.192 e. The Labute approximate surface area is 107 Å². The molecule has 0 saturated heterocycles. The van der Waals surface area contributed by atoms with E-state index in [9.17, 15) is 0 Å². The predicted molar refractivity (Wildman–Crippen MR) is 70.4 cm³/mol. The van der Waals surface area contributed by atoms with Gasteiger partial charge in [-0.1, -0.05) is 6.92 Å². The summed E-state index contributed by atoms with van der Waals surface area (Å²) in [7, 11) is 3.64. The number of hydrogen-bond donors (Lipinski definition) is 1. The van der Waals surface area contributed by atoms with E-state index < -0.39 is 0 Å². The van der Waals surface area contributed by atoms with Gasteiger partial charge in [-0.2, -0.15) is 5.10 Å². The number of rotatable bonds is 5. The van der Waals surface area contributed by atoms with Crippen LogP contribution in [0.1, 0.15) is 24.2 Å². The first-order chi connectivity index (χ1) is 8.67. The molecule has 0 saturated carbocycles. The number of guanidine groups is 1. The second-order valence-electron chi connectivity index (χ2n) is 4.46. The van der Waals surface area contributed by atoms with E-state index in [0.29, 0.717) is 19.1 Å². The van der Waals surface area contributed by atoms with Gasteiger partial charge in [0, 0.05) is 32.5 Å². The summed E-state index contributed by atoms with van der Waals surface area (Å²) in [6, 6.07) is 0.198. The quantitative estimate of drug-likeness (QED) is 0.817. The van der Waals surface area contributed by atoms with Crippen molar-refractivity contribution in [3.05, 3.63) is 17.5 Å². The Morgan fingerprint density at radius 2 is 2.33 bits per heavy atom. The average molecular weight is 251 g/mol. The van der Waals surface area contributed by atoms with E-state index in [1.54, 1.807) is 7.11 Å². The minimum Gasteiger partial charge on any atom is -0.383 e. The van der Waals surface area contributed by atoms with Crippen LogP contribution in [0.5, 0.6) is 0 Å². The van der Waals surface area contributed by atoms with Crippen LogP contribution in [-0.2, 0) is 18.2 Å². The zero-order valence-corrected chi connectivity index (χ0v) is 11.3. The van der Waals surface area contributed by atoms with Gasteiger partial charge in [-0.15, -0.1) is 0 Å². The lowest BCUT2D eigenvalue weighted by molar-refractivity contribution is 0.166. The summed E-state index contributed by atoms with van der Waals surface area (Å²) < 4.78 is 6.98. The SMILES string of the molecule is CCc1nn(C)cc1C1CN=C(N)N1CCOC. The summed E-state index contributed by atoms with van der Waals surface area (Å²) >= 11 is 0. The van der Waals surface area contributed by atoms with Crippen LogP contribution in [-0.4, -0.2) is 47.4 Å². The van der Waals surface area contributed by atoms with Gasteiger partial charge in [-0.05, 0) is 6.42 Å². The number of aryl methyl sites for hydroxylation is 2. The molecule has 0 spiro atoms. The molecule has 1 aromatic rings. The predicted octanol–water partition coefficient (Wildman–Crippen LogP) is 0.300. The molecule has 0 radical (unpaired) electrons. The van der Waals surface area contributed by atoms with Gasteiger partial charge in [0.15, 0.2) is 5.96 Å². The van der Waals surface area contributed by atoms with Gasteiger partial charge in [0.2, 0.25) is 0 Å². The minimum atomic E-state index is 0.198. The number of methoxy groups -OCH3 is 1. The molecule has 1 unspecified atom stereocenters. The molecule has 2 heterocycles. The van der Waals surface area contributed by atoms with E-state index >= 15 is 0 Å². The van der Waals surface area contributed by atoms with Crippen molar-refractivity contribution >= 4 is 5.96 Å². The summed E-state index contributed by atoms with van der Waals surface area (Å²) in [6.45, 7) is 4.22. The first kappa shape index (κ1) is 12.9. The molecule has 100 valence electrons.